The Labute approximate surface area is 81.7 Å². The van der Waals surface area contributed by atoms with E-state index in [0.29, 0.717) is 5.69 Å². The van der Waals surface area contributed by atoms with Crippen LogP contribution in [0.3, 0.4) is 0 Å². The molecule has 14 heavy (non-hydrogen) atoms. The minimum absolute atomic E-state index is 0.311. The molecule has 1 rings (SSSR count). The summed E-state index contributed by atoms with van der Waals surface area (Å²) >= 11 is 0. The quantitative estimate of drug-likeness (QED) is 0.665. The molecule has 0 fully saturated rings. The first-order chi connectivity index (χ1) is 6.77. The molecule has 0 aliphatic carbocycles. The van der Waals surface area contributed by atoms with E-state index in [1.54, 1.807) is 24.5 Å². The zero-order chi connectivity index (χ0) is 10.4. The Morgan fingerprint density at radius 1 is 1.64 bits per heavy atom. The number of nitrogens with zero attached hydrogens (tertiary/aromatic N) is 1. The number of carbonyl (C=O) groups excluding carboxylic acids is 1. The molecule has 1 atom stereocenters. The fourth-order valence-electron chi connectivity index (χ4n) is 0.971. The Balaban J connectivity index is 2.62. The van der Waals surface area contributed by atoms with Crippen LogP contribution in [-0.2, 0) is 9.53 Å². The third-order valence-electron chi connectivity index (χ3n) is 1.69. The van der Waals surface area contributed by atoms with Crippen LogP contribution in [0.1, 0.15) is 0 Å². The van der Waals surface area contributed by atoms with Gasteiger partial charge in [-0.3, -0.25) is 4.98 Å². The number of rotatable bonds is 4. The molecule has 1 heterocycles. The highest BCUT2D eigenvalue weighted by Gasteiger charge is 2.17. The molecule has 0 bridgehead atoms. The van der Waals surface area contributed by atoms with E-state index in [4.69, 9.17) is 5.11 Å². The Kier molecular flexibility index (Phi) is 3.87. The molecule has 0 aromatic carbocycles. The fourth-order valence-corrected chi connectivity index (χ4v) is 0.971. The van der Waals surface area contributed by atoms with E-state index >= 15 is 0 Å². The van der Waals surface area contributed by atoms with Crippen LogP contribution in [0.5, 0.6) is 0 Å². The number of anilines is 1. The standard InChI is InChI=1S/C9H12N2O3/c1-14-9(13)8(6-12)11-7-2-4-10-5-3-7/h2-5,8,12H,6H2,1H3,(H,10,11). The predicted octanol–water partition coefficient (Wildman–Crippen LogP) is 0.0274. The number of esters is 1. The molecule has 2 N–H and O–H groups in total. The van der Waals surface area contributed by atoms with E-state index in [1.807, 2.05) is 0 Å². The average Bonchev–Trinajstić information content (AvgIpc) is 2.26. The third kappa shape index (κ3) is 2.70. The lowest BCUT2D eigenvalue weighted by molar-refractivity contribution is -0.142. The molecular weight excluding hydrogens is 184 g/mol. The van der Waals surface area contributed by atoms with E-state index in [0.717, 1.165) is 0 Å². The lowest BCUT2D eigenvalue weighted by atomic mass is 10.3. The number of aliphatic hydroxyl groups is 1. The van der Waals surface area contributed by atoms with Gasteiger partial charge in [-0.1, -0.05) is 0 Å². The second-order valence-electron chi connectivity index (χ2n) is 2.64. The van der Waals surface area contributed by atoms with Crippen LogP contribution >= 0.6 is 0 Å². The van der Waals surface area contributed by atoms with Crippen molar-refractivity contribution in [3.05, 3.63) is 24.5 Å². The average molecular weight is 196 g/mol. The monoisotopic (exact) mass is 196 g/mol. The number of aliphatic hydroxyl groups excluding tert-OH is 1. The number of hydrogen-bond acceptors (Lipinski definition) is 5. The van der Waals surface area contributed by atoms with Crippen LogP contribution in [0.2, 0.25) is 0 Å². The Morgan fingerprint density at radius 2 is 2.29 bits per heavy atom. The van der Waals surface area contributed by atoms with Crippen molar-refractivity contribution in [2.75, 3.05) is 19.0 Å². The van der Waals surface area contributed by atoms with E-state index in [9.17, 15) is 4.79 Å². The van der Waals surface area contributed by atoms with Crippen LogP contribution < -0.4 is 5.32 Å². The van der Waals surface area contributed by atoms with Crippen LogP contribution in [0.15, 0.2) is 24.5 Å². The number of aromatic nitrogens is 1. The van der Waals surface area contributed by atoms with Gasteiger partial charge in [0.05, 0.1) is 13.7 Å². The Hall–Kier alpha value is -1.62. The van der Waals surface area contributed by atoms with Crippen molar-refractivity contribution in [3.63, 3.8) is 0 Å². The number of hydrogen-bond donors (Lipinski definition) is 2. The van der Waals surface area contributed by atoms with E-state index in [-0.39, 0.29) is 6.61 Å². The molecule has 1 unspecified atom stereocenters. The maximum Gasteiger partial charge on any atom is 0.330 e. The van der Waals surface area contributed by atoms with E-state index in [1.165, 1.54) is 7.11 Å². The molecule has 0 radical (unpaired) electrons. The van der Waals surface area contributed by atoms with Crippen molar-refractivity contribution < 1.29 is 14.6 Å². The molecule has 76 valence electrons. The van der Waals surface area contributed by atoms with Crippen molar-refractivity contribution in [2.24, 2.45) is 0 Å². The van der Waals surface area contributed by atoms with Crippen molar-refractivity contribution >= 4 is 11.7 Å². The minimum atomic E-state index is -0.734. The number of ether oxygens (including phenoxy) is 1. The predicted molar refractivity (Wildman–Crippen MR) is 50.7 cm³/mol. The SMILES string of the molecule is COC(=O)C(CO)Nc1ccncc1. The summed E-state index contributed by atoms with van der Waals surface area (Å²) < 4.78 is 4.50. The summed E-state index contributed by atoms with van der Waals surface area (Å²) in [6.07, 6.45) is 3.18. The first kappa shape index (κ1) is 10.5. The molecule has 5 nitrogen and oxygen atoms in total. The first-order valence-electron chi connectivity index (χ1n) is 4.13. The van der Waals surface area contributed by atoms with E-state index in [2.05, 4.69) is 15.0 Å². The normalized spacial score (nSPS) is 11.9. The van der Waals surface area contributed by atoms with Gasteiger partial charge in [0, 0.05) is 18.1 Å². The summed E-state index contributed by atoms with van der Waals surface area (Å²) in [5.41, 5.74) is 0.712. The Morgan fingerprint density at radius 3 is 2.79 bits per heavy atom. The lowest BCUT2D eigenvalue weighted by Crippen LogP contribution is -2.33. The smallest absolute Gasteiger partial charge is 0.330 e. The zero-order valence-electron chi connectivity index (χ0n) is 7.80. The lowest BCUT2D eigenvalue weighted by Gasteiger charge is -2.14. The summed E-state index contributed by atoms with van der Waals surface area (Å²) in [7, 11) is 1.28. The summed E-state index contributed by atoms with van der Waals surface area (Å²) in [5.74, 6) is -0.496. The van der Waals surface area contributed by atoms with Crippen molar-refractivity contribution in [2.45, 2.75) is 6.04 Å². The topological polar surface area (TPSA) is 71.5 Å². The molecule has 0 saturated heterocycles. The number of methoxy groups -OCH3 is 1. The highest BCUT2D eigenvalue weighted by Crippen LogP contribution is 2.05. The van der Waals surface area contributed by atoms with Gasteiger partial charge in [-0.05, 0) is 12.1 Å². The van der Waals surface area contributed by atoms with Gasteiger partial charge in [0.25, 0.3) is 0 Å². The molecule has 0 spiro atoms. The zero-order valence-corrected chi connectivity index (χ0v) is 7.80. The highest BCUT2D eigenvalue weighted by atomic mass is 16.5. The second-order valence-corrected chi connectivity index (χ2v) is 2.64. The Bertz CT molecular complexity index is 289. The van der Waals surface area contributed by atoms with Crippen LogP contribution in [0.4, 0.5) is 5.69 Å². The number of pyridine rings is 1. The van der Waals surface area contributed by atoms with Gasteiger partial charge in [-0.15, -0.1) is 0 Å². The molecule has 0 aliphatic rings. The van der Waals surface area contributed by atoms with Crippen LogP contribution in [0.25, 0.3) is 0 Å². The van der Waals surface area contributed by atoms with Crippen molar-refractivity contribution in [1.82, 2.24) is 4.98 Å². The first-order valence-corrected chi connectivity index (χ1v) is 4.13. The molecule has 1 aromatic rings. The molecule has 0 saturated carbocycles. The second kappa shape index (κ2) is 5.18. The number of carbonyl (C=O) groups is 1. The summed E-state index contributed by atoms with van der Waals surface area (Å²) in [6, 6.07) is 2.67. The molecule has 0 aliphatic heterocycles. The molecule has 0 amide bonds. The van der Waals surface area contributed by atoms with Crippen molar-refractivity contribution in [1.29, 1.82) is 0 Å². The van der Waals surface area contributed by atoms with E-state index < -0.39 is 12.0 Å². The van der Waals surface area contributed by atoms with Gasteiger partial charge >= 0.3 is 5.97 Å². The third-order valence-corrected chi connectivity index (χ3v) is 1.69. The summed E-state index contributed by atoms with van der Waals surface area (Å²) in [5, 5.41) is 11.7. The summed E-state index contributed by atoms with van der Waals surface area (Å²) in [4.78, 5) is 14.9. The van der Waals surface area contributed by atoms with Gasteiger partial charge < -0.3 is 15.2 Å². The van der Waals surface area contributed by atoms with Gasteiger partial charge in [0.2, 0.25) is 0 Å². The van der Waals surface area contributed by atoms with Crippen LogP contribution in [-0.4, -0.2) is 35.8 Å². The largest absolute Gasteiger partial charge is 0.467 e. The van der Waals surface area contributed by atoms with Crippen LogP contribution in [0, 0.1) is 0 Å². The maximum atomic E-state index is 11.1. The molecule has 5 heteroatoms. The maximum absolute atomic E-state index is 11.1. The molecular formula is C9H12N2O3. The van der Waals surface area contributed by atoms with Gasteiger partial charge in [0.1, 0.15) is 6.04 Å². The van der Waals surface area contributed by atoms with Crippen molar-refractivity contribution in [3.8, 4) is 0 Å². The van der Waals surface area contributed by atoms with Gasteiger partial charge in [-0.25, -0.2) is 4.79 Å². The fraction of sp³-hybridized carbons (Fsp3) is 0.333. The highest BCUT2D eigenvalue weighted by molar-refractivity contribution is 5.79. The van der Waals surface area contributed by atoms with Gasteiger partial charge in [0.15, 0.2) is 0 Å². The molecule has 1 aromatic heterocycles. The summed E-state index contributed by atoms with van der Waals surface area (Å²) in [6.45, 7) is -0.311. The van der Waals surface area contributed by atoms with Gasteiger partial charge in [-0.2, -0.15) is 0 Å². The number of nitrogens with one attached hydrogen (secondary N) is 1. The minimum Gasteiger partial charge on any atom is -0.467 e.